The molecule has 1 heterocycles. The molecule has 26 heavy (non-hydrogen) atoms. The van der Waals surface area contributed by atoms with Crippen molar-refractivity contribution in [2.45, 2.75) is 13.3 Å². The van der Waals surface area contributed by atoms with Crippen molar-refractivity contribution in [1.82, 2.24) is 20.9 Å². The molecule has 1 amide bonds. The summed E-state index contributed by atoms with van der Waals surface area (Å²) in [7, 11) is 0. The Morgan fingerprint density at radius 3 is 2.54 bits per heavy atom. The summed E-state index contributed by atoms with van der Waals surface area (Å²) in [5.74, 6) is 0.602. The van der Waals surface area contributed by atoms with Crippen molar-refractivity contribution in [3.63, 3.8) is 0 Å². The molecule has 0 radical (unpaired) electrons. The molecule has 0 saturated heterocycles. The van der Waals surface area contributed by atoms with E-state index in [4.69, 9.17) is 11.6 Å². The molecule has 0 unspecified atom stereocenters. The van der Waals surface area contributed by atoms with Crippen LogP contribution in [0.4, 0.5) is 0 Å². The molecule has 0 spiro atoms. The first kappa shape index (κ1) is 19.7. The molecule has 1 aromatic carbocycles. The van der Waals surface area contributed by atoms with Crippen LogP contribution in [0.25, 0.3) is 0 Å². The van der Waals surface area contributed by atoms with Gasteiger partial charge in [0.2, 0.25) is 0 Å². The van der Waals surface area contributed by atoms with E-state index in [2.05, 4.69) is 25.9 Å². The Bertz CT molecular complexity index is 704. The maximum absolute atomic E-state index is 12.0. The largest absolute Gasteiger partial charge is 0.357 e. The van der Waals surface area contributed by atoms with Crippen LogP contribution in [0.3, 0.4) is 0 Å². The Balaban J connectivity index is 1.72. The van der Waals surface area contributed by atoms with Crippen LogP contribution in [0.5, 0.6) is 0 Å². The second kappa shape index (κ2) is 11.1. The van der Waals surface area contributed by atoms with Gasteiger partial charge < -0.3 is 16.0 Å². The van der Waals surface area contributed by atoms with E-state index in [1.165, 1.54) is 0 Å². The molecule has 7 heteroatoms. The van der Waals surface area contributed by atoms with Gasteiger partial charge in [-0.15, -0.1) is 0 Å². The zero-order valence-corrected chi connectivity index (χ0v) is 15.6. The lowest BCUT2D eigenvalue weighted by Gasteiger charge is -2.12. The third kappa shape index (κ3) is 7.11. The number of guanidine groups is 1. The predicted octanol–water partition coefficient (Wildman–Crippen LogP) is 2.26. The Morgan fingerprint density at radius 1 is 1.08 bits per heavy atom. The highest BCUT2D eigenvalue weighted by atomic mass is 35.5. The SMILES string of the molecule is CCNC(=NCCc1ccccn1)NCCNC(=O)c1ccc(Cl)cc1. The summed E-state index contributed by atoms with van der Waals surface area (Å²) in [5, 5.41) is 9.86. The number of hydrogen-bond donors (Lipinski definition) is 3. The standard InChI is InChI=1S/C19H24ClN5O/c1-2-21-19(24-12-10-17-5-3-4-11-22-17)25-14-13-23-18(26)15-6-8-16(20)9-7-15/h3-9,11H,2,10,12-14H2,1H3,(H,23,26)(H2,21,24,25). The highest BCUT2D eigenvalue weighted by Crippen LogP contribution is 2.09. The van der Waals surface area contributed by atoms with Gasteiger partial charge in [-0.05, 0) is 43.3 Å². The number of rotatable bonds is 8. The second-order valence-corrected chi connectivity index (χ2v) is 5.96. The maximum Gasteiger partial charge on any atom is 0.251 e. The number of amides is 1. The minimum Gasteiger partial charge on any atom is -0.357 e. The smallest absolute Gasteiger partial charge is 0.251 e. The molecule has 3 N–H and O–H groups in total. The van der Waals surface area contributed by atoms with E-state index in [-0.39, 0.29) is 5.91 Å². The van der Waals surface area contributed by atoms with Crippen molar-refractivity contribution < 1.29 is 4.79 Å². The third-order valence-electron chi connectivity index (χ3n) is 3.52. The molecule has 138 valence electrons. The van der Waals surface area contributed by atoms with Gasteiger partial charge in [0.1, 0.15) is 0 Å². The van der Waals surface area contributed by atoms with Crippen LogP contribution in [0.1, 0.15) is 23.0 Å². The zero-order chi connectivity index (χ0) is 18.6. The van der Waals surface area contributed by atoms with Crippen LogP contribution in [0.15, 0.2) is 53.7 Å². The fraction of sp³-hybridized carbons (Fsp3) is 0.316. The molecular formula is C19H24ClN5O. The number of carbonyl (C=O) groups is 1. The van der Waals surface area contributed by atoms with Crippen LogP contribution >= 0.6 is 11.6 Å². The predicted molar refractivity (Wildman–Crippen MR) is 106 cm³/mol. The molecule has 6 nitrogen and oxygen atoms in total. The number of nitrogens with one attached hydrogen (secondary N) is 3. The first-order chi connectivity index (χ1) is 12.7. The lowest BCUT2D eigenvalue weighted by Crippen LogP contribution is -2.41. The Morgan fingerprint density at radius 2 is 1.85 bits per heavy atom. The van der Waals surface area contributed by atoms with Gasteiger partial charge >= 0.3 is 0 Å². The molecule has 2 aromatic rings. The van der Waals surface area contributed by atoms with E-state index in [1.807, 2.05) is 25.1 Å². The second-order valence-electron chi connectivity index (χ2n) is 5.52. The van der Waals surface area contributed by atoms with Gasteiger partial charge in [-0.3, -0.25) is 14.8 Å². The lowest BCUT2D eigenvalue weighted by atomic mass is 10.2. The molecular weight excluding hydrogens is 350 g/mol. The molecule has 0 bridgehead atoms. The highest BCUT2D eigenvalue weighted by molar-refractivity contribution is 6.30. The van der Waals surface area contributed by atoms with Crippen LogP contribution in [-0.2, 0) is 6.42 Å². The summed E-state index contributed by atoms with van der Waals surface area (Å²) in [6.45, 7) is 4.50. The topological polar surface area (TPSA) is 78.4 Å². The average Bonchev–Trinajstić information content (AvgIpc) is 2.66. The summed E-state index contributed by atoms with van der Waals surface area (Å²) in [4.78, 5) is 20.8. The number of benzene rings is 1. The van der Waals surface area contributed by atoms with Gasteiger partial charge in [0.25, 0.3) is 5.91 Å². The summed E-state index contributed by atoms with van der Waals surface area (Å²) < 4.78 is 0. The molecule has 0 saturated carbocycles. The molecule has 0 fully saturated rings. The zero-order valence-electron chi connectivity index (χ0n) is 14.8. The molecule has 0 atom stereocenters. The van der Waals surface area contributed by atoms with E-state index < -0.39 is 0 Å². The van der Waals surface area contributed by atoms with E-state index in [1.54, 1.807) is 30.5 Å². The van der Waals surface area contributed by atoms with Gasteiger partial charge in [0, 0.05) is 55.1 Å². The number of hydrogen-bond acceptors (Lipinski definition) is 3. The molecule has 0 aliphatic carbocycles. The van der Waals surface area contributed by atoms with Gasteiger partial charge in [0.05, 0.1) is 0 Å². The van der Waals surface area contributed by atoms with Gasteiger partial charge in [-0.25, -0.2) is 0 Å². The number of aromatic nitrogens is 1. The van der Waals surface area contributed by atoms with Crippen LogP contribution in [-0.4, -0.2) is 43.0 Å². The summed E-state index contributed by atoms with van der Waals surface area (Å²) in [5.41, 5.74) is 1.60. The van der Waals surface area contributed by atoms with Crippen molar-refractivity contribution in [3.8, 4) is 0 Å². The monoisotopic (exact) mass is 373 g/mol. The normalized spacial score (nSPS) is 11.1. The van der Waals surface area contributed by atoms with Gasteiger partial charge in [-0.2, -0.15) is 0 Å². The molecule has 0 aliphatic rings. The Labute approximate surface area is 159 Å². The number of halogens is 1. The fourth-order valence-corrected chi connectivity index (χ4v) is 2.36. The van der Waals surface area contributed by atoms with Gasteiger partial charge in [-0.1, -0.05) is 17.7 Å². The number of carbonyl (C=O) groups excluding carboxylic acids is 1. The highest BCUT2D eigenvalue weighted by Gasteiger charge is 2.04. The Kier molecular flexibility index (Phi) is 8.42. The molecule has 1 aromatic heterocycles. The van der Waals surface area contributed by atoms with Crippen LogP contribution in [0.2, 0.25) is 5.02 Å². The van der Waals surface area contributed by atoms with Crippen LogP contribution in [0, 0.1) is 0 Å². The minimum atomic E-state index is -0.124. The first-order valence-electron chi connectivity index (χ1n) is 8.65. The number of nitrogens with zero attached hydrogens (tertiary/aromatic N) is 2. The first-order valence-corrected chi connectivity index (χ1v) is 9.02. The number of aliphatic imine (C=N–C) groups is 1. The minimum absolute atomic E-state index is 0.124. The third-order valence-corrected chi connectivity index (χ3v) is 3.77. The maximum atomic E-state index is 12.0. The van der Waals surface area contributed by atoms with Crippen molar-refractivity contribution in [2.24, 2.45) is 4.99 Å². The van der Waals surface area contributed by atoms with E-state index in [0.717, 1.165) is 24.6 Å². The van der Waals surface area contributed by atoms with Gasteiger partial charge in [0.15, 0.2) is 5.96 Å². The van der Waals surface area contributed by atoms with Crippen molar-refractivity contribution in [2.75, 3.05) is 26.2 Å². The summed E-state index contributed by atoms with van der Waals surface area (Å²) in [6.07, 6.45) is 2.57. The average molecular weight is 374 g/mol. The van der Waals surface area contributed by atoms with Crippen molar-refractivity contribution >= 4 is 23.5 Å². The molecule has 2 rings (SSSR count). The fourth-order valence-electron chi connectivity index (χ4n) is 2.23. The van der Waals surface area contributed by atoms with Crippen molar-refractivity contribution in [3.05, 3.63) is 64.9 Å². The van der Waals surface area contributed by atoms with E-state index in [9.17, 15) is 4.79 Å². The van der Waals surface area contributed by atoms with E-state index in [0.29, 0.717) is 30.2 Å². The quantitative estimate of drug-likeness (QED) is 0.377. The summed E-state index contributed by atoms with van der Waals surface area (Å²) in [6, 6.07) is 12.7. The summed E-state index contributed by atoms with van der Waals surface area (Å²) >= 11 is 5.82. The molecule has 0 aliphatic heterocycles. The number of pyridine rings is 1. The van der Waals surface area contributed by atoms with Crippen LogP contribution < -0.4 is 16.0 Å². The van der Waals surface area contributed by atoms with E-state index >= 15 is 0 Å². The lowest BCUT2D eigenvalue weighted by molar-refractivity contribution is 0.0954. The van der Waals surface area contributed by atoms with Crippen molar-refractivity contribution in [1.29, 1.82) is 0 Å². The Hall–Kier alpha value is -2.60.